The molecule has 0 bridgehead atoms. The molecule has 222 valence electrons. The van der Waals surface area contributed by atoms with Crippen LogP contribution in [0.4, 0.5) is 19.0 Å². The number of ether oxygens (including phenoxy) is 2. The minimum absolute atomic E-state index is 0.0296. The number of amides is 1. The standard InChI is InChI=1S/C26H25ClF3N7O5/c1-12-17(27)8-16(14(3)37-23-20(13(2)36-37)22(31)34-10-35-23)21(41-11-42-25(40)26(28,29)30)19(12)15-4-5-18(33-9-15)24(39)32-6-7-38/h4-5,8-10,14,38H,6-7,11H2,1-3H3,(H,32,39)(H2,31,34,35). The predicted octanol–water partition coefficient (Wildman–Crippen LogP) is 3.51. The van der Waals surface area contributed by atoms with Gasteiger partial charge in [-0.25, -0.2) is 19.4 Å². The number of rotatable bonds is 9. The Labute approximate surface area is 241 Å². The number of nitrogen functional groups attached to an aromatic ring is 1. The molecule has 3 heterocycles. The number of anilines is 1. The van der Waals surface area contributed by atoms with Crippen molar-refractivity contribution < 1.29 is 37.3 Å². The molecule has 16 heteroatoms. The first-order valence-electron chi connectivity index (χ1n) is 12.4. The fourth-order valence-electron chi connectivity index (χ4n) is 4.29. The first-order valence-corrected chi connectivity index (χ1v) is 12.7. The number of alkyl halides is 3. The molecule has 0 fully saturated rings. The fourth-order valence-corrected chi connectivity index (χ4v) is 4.50. The molecule has 42 heavy (non-hydrogen) atoms. The molecule has 4 N–H and O–H groups in total. The average molecular weight is 608 g/mol. The Balaban J connectivity index is 1.85. The van der Waals surface area contributed by atoms with E-state index in [4.69, 9.17) is 27.2 Å². The van der Waals surface area contributed by atoms with Crippen LogP contribution in [0.15, 0.2) is 30.7 Å². The van der Waals surface area contributed by atoms with Gasteiger partial charge < -0.3 is 25.6 Å². The minimum atomic E-state index is -5.22. The van der Waals surface area contributed by atoms with Crippen molar-refractivity contribution in [1.29, 1.82) is 0 Å². The van der Waals surface area contributed by atoms with Crippen molar-refractivity contribution in [3.05, 3.63) is 58.3 Å². The topological polar surface area (TPSA) is 167 Å². The van der Waals surface area contributed by atoms with Gasteiger partial charge in [0.2, 0.25) is 6.79 Å². The number of carbonyl (C=O) groups is 2. The van der Waals surface area contributed by atoms with Gasteiger partial charge in [-0.1, -0.05) is 17.7 Å². The summed E-state index contributed by atoms with van der Waals surface area (Å²) in [7, 11) is 0. The molecular formula is C26H25ClF3N7O5. The number of hydrogen-bond acceptors (Lipinski definition) is 10. The largest absolute Gasteiger partial charge is 0.491 e. The van der Waals surface area contributed by atoms with Crippen molar-refractivity contribution in [2.45, 2.75) is 33.0 Å². The molecule has 0 radical (unpaired) electrons. The molecule has 0 spiro atoms. The lowest BCUT2D eigenvalue weighted by atomic mass is 9.94. The molecule has 4 aromatic rings. The van der Waals surface area contributed by atoms with E-state index < -0.39 is 30.9 Å². The first-order chi connectivity index (χ1) is 19.8. The van der Waals surface area contributed by atoms with Gasteiger partial charge >= 0.3 is 12.1 Å². The van der Waals surface area contributed by atoms with Crippen molar-refractivity contribution in [3.63, 3.8) is 0 Å². The number of fused-ring (bicyclic) bond motifs is 1. The Morgan fingerprint density at radius 2 is 1.95 bits per heavy atom. The highest BCUT2D eigenvalue weighted by molar-refractivity contribution is 6.32. The highest BCUT2D eigenvalue weighted by Gasteiger charge is 2.41. The lowest BCUT2D eigenvalue weighted by Crippen LogP contribution is -2.27. The van der Waals surface area contributed by atoms with Gasteiger partial charge in [0.1, 0.15) is 23.6 Å². The Kier molecular flexibility index (Phi) is 8.82. The van der Waals surface area contributed by atoms with Gasteiger partial charge in [-0.2, -0.15) is 18.3 Å². The Morgan fingerprint density at radius 3 is 2.60 bits per heavy atom. The Bertz CT molecular complexity index is 1640. The molecule has 1 aromatic carbocycles. The number of aryl methyl sites for hydroxylation is 1. The number of pyridine rings is 1. The van der Waals surface area contributed by atoms with Crippen LogP contribution in [0.3, 0.4) is 0 Å². The average Bonchev–Trinajstić information content (AvgIpc) is 3.30. The van der Waals surface area contributed by atoms with E-state index in [-0.39, 0.29) is 35.4 Å². The second kappa shape index (κ2) is 12.2. The molecule has 12 nitrogen and oxygen atoms in total. The van der Waals surface area contributed by atoms with Crippen LogP contribution in [-0.4, -0.2) is 67.8 Å². The van der Waals surface area contributed by atoms with Crippen molar-refractivity contribution in [3.8, 4) is 16.9 Å². The molecule has 0 saturated heterocycles. The summed E-state index contributed by atoms with van der Waals surface area (Å²) in [6, 6.07) is 3.84. The monoisotopic (exact) mass is 607 g/mol. The number of benzene rings is 1. The van der Waals surface area contributed by atoms with E-state index in [0.29, 0.717) is 39.0 Å². The number of aliphatic hydroxyl groups is 1. The van der Waals surface area contributed by atoms with Crippen LogP contribution >= 0.6 is 11.6 Å². The summed E-state index contributed by atoms with van der Waals surface area (Å²) >= 11 is 6.63. The molecule has 0 aliphatic carbocycles. The molecule has 0 aliphatic heterocycles. The zero-order valence-electron chi connectivity index (χ0n) is 22.5. The van der Waals surface area contributed by atoms with Crippen LogP contribution < -0.4 is 15.8 Å². The number of esters is 1. The quantitative estimate of drug-likeness (QED) is 0.189. The Morgan fingerprint density at radius 1 is 1.21 bits per heavy atom. The fraction of sp³-hybridized carbons (Fsp3) is 0.308. The smallest absolute Gasteiger partial charge is 0.456 e. The summed E-state index contributed by atoms with van der Waals surface area (Å²) in [5.41, 5.74) is 8.56. The highest BCUT2D eigenvalue weighted by Crippen LogP contribution is 2.43. The lowest BCUT2D eigenvalue weighted by molar-refractivity contribution is -0.205. The minimum Gasteiger partial charge on any atom is -0.456 e. The molecule has 4 rings (SSSR count). The number of carbonyl (C=O) groups excluding carboxylic acids is 2. The van der Waals surface area contributed by atoms with E-state index >= 15 is 0 Å². The second-order valence-corrected chi connectivity index (χ2v) is 9.45. The zero-order chi connectivity index (χ0) is 30.8. The molecule has 3 aromatic heterocycles. The van der Waals surface area contributed by atoms with Gasteiger partial charge in [-0.05, 0) is 38.5 Å². The molecule has 1 amide bonds. The van der Waals surface area contributed by atoms with Crippen molar-refractivity contribution in [2.75, 3.05) is 25.7 Å². The number of nitrogens with one attached hydrogen (secondary N) is 1. The number of aliphatic hydroxyl groups excluding tert-OH is 1. The number of aromatic nitrogens is 5. The van der Waals surface area contributed by atoms with E-state index in [1.165, 1.54) is 23.3 Å². The van der Waals surface area contributed by atoms with Crippen LogP contribution in [0.2, 0.25) is 5.02 Å². The lowest BCUT2D eigenvalue weighted by Gasteiger charge is -2.23. The van der Waals surface area contributed by atoms with E-state index in [1.54, 1.807) is 32.9 Å². The van der Waals surface area contributed by atoms with Crippen molar-refractivity contribution in [1.82, 2.24) is 30.0 Å². The van der Waals surface area contributed by atoms with Crippen LogP contribution in [0.1, 0.15) is 40.3 Å². The summed E-state index contributed by atoms with van der Waals surface area (Å²) in [6.45, 7) is 3.81. The molecule has 1 atom stereocenters. The van der Waals surface area contributed by atoms with E-state index in [2.05, 4.69) is 30.1 Å². The normalized spacial score (nSPS) is 12.3. The van der Waals surface area contributed by atoms with Gasteiger partial charge in [-0.3, -0.25) is 9.78 Å². The van der Waals surface area contributed by atoms with Gasteiger partial charge in [0.25, 0.3) is 5.91 Å². The number of hydrogen-bond donors (Lipinski definition) is 3. The highest BCUT2D eigenvalue weighted by atomic mass is 35.5. The maximum absolute atomic E-state index is 12.8. The van der Waals surface area contributed by atoms with E-state index in [1.807, 2.05) is 0 Å². The van der Waals surface area contributed by atoms with Crippen LogP contribution in [0.5, 0.6) is 5.75 Å². The number of halogens is 4. The summed E-state index contributed by atoms with van der Waals surface area (Å²) in [5.74, 6) is -2.71. The van der Waals surface area contributed by atoms with Crippen molar-refractivity contribution >= 4 is 40.3 Å². The summed E-state index contributed by atoms with van der Waals surface area (Å²) in [4.78, 5) is 36.1. The Hall–Kier alpha value is -4.50. The van der Waals surface area contributed by atoms with E-state index in [9.17, 15) is 22.8 Å². The van der Waals surface area contributed by atoms with Gasteiger partial charge in [0.15, 0.2) is 5.65 Å². The summed E-state index contributed by atoms with van der Waals surface area (Å²) in [6.07, 6.45) is -2.59. The van der Waals surface area contributed by atoms with Gasteiger partial charge in [0, 0.05) is 34.5 Å². The maximum atomic E-state index is 12.8. The van der Waals surface area contributed by atoms with Gasteiger partial charge in [0.05, 0.1) is 23.7 Å². The van der Waals surface area contributed by atoms with Crippen LogP contribution in [-0.2, 0) is 9.53 Å². The zero-order valence-corrected chi connectivity index (χ0v) is 23.2. The van der Waals surface area contributed by atoms with Gasteiger partial charge in [-0.15, -0.1) is 0 Å². The number of nitrogens with two attached hydrogens (primary N) is 1. The second-order valence-electron chi connectivity index (χ2n) is 9.04. The summed E-state index contributed by atoms with van der Waals surface area (Å²) in [5, 5.41) is 16.8. The third-order valence-electron chi connectivity index (χ3n) is 6.32. The molecule has 0 saturated carbocycles. The third kappa shape index (κ3) is 6.06. The molecule has 0 aliphatic rings. The molecular weight excluding hydrogens is 583 g/mol. The summed E-state index contributed by atoms with van der Waals surface area (Å²) < 4.78 is 49.9. The van der Waals surface area contributed by atoms with Crippen LogP contribution in [0.25, 0.3) is 22.2 Å². The number of nitrogens with zero attached hydrogens (tertiary/aromatic N) is 5. The maximum Gasteiger partial charge on any atom is 0.491 e. The first kappa shape index (κ1) is 30.5. The predicted molar refractivity (Wildman–Crippen MR) is 145 cm³/mol. The third-order valence-corrected chi connectivity index (χ3v) is 6.71. The van der Waals surface area contributed by atoms with Crippen LogP contribution in [0, 0.1) is 13.8 Å². The SMILES string of the molecule is Cc1c(Cl)cc(C(C)n2nc(C)c3c(N)ncnc32)c(OCOC(=O)C(F)(F)F)c1-c1ccc(C(=O)NCCO)nc1. The molecule has 1 unspecified atom stereocenters. The van der Waals surface area contributed by atoms with E-state index in [0.717, 1.165) is 0 Å². The van der Waals surface area contributed by atoms with Crippen molar-refractivity contribution in [2.24, 2.45) is 0 Å².